The van der Waals surface area contributed by atoms with Crippen molar-refractivity contribution in [1.29, 1.82) is 0 Å². The van der Waals surface area contributed by atoms with Gasteiger partial charge in [0.25, 0.3) is 0 Å². The fraction of sp³-hybridized carbons (Fsp3) is 0.154. The number of hydrogen-bond donors (Lipinski definition) is 2. The predicted octanol–water partition coefficient (Wildman–Crippen LogP) is 4.17. The van der Waals surface area contributed by atoms with Crippen molar-refractivity contribution in [3.63, 3.8) is 0 Å². The smallest absolute Gasteiger partial charge is 0.234 e. The Kier molecular flexibility index (Phi) is 6.50. The molecule has 0 saturated heterocycles. The number of nitrogens with one attached hydrogen (secondary N) is 2. The van der Waals surface area contributed by atoms with E-state index in [9.17, 15) is 4.79 Å². The number of thioether (sulfide) groups is 1. The lowest BCUT2D eigenvalue weighted by atomic mass is 10.3. The van der Waals surface area contributed by atoms with E-state index in [0.29, 0.717) is 31.7 Å². The number of amides is 1. The molecule has 2 aromatic rings. The van der Waals surface area contributed by atoms with Crippen LogP contribution in [0.15, 0.2) is 35.2 Å². The van der Waals surface area contributed by atoms with Crippen LogP contribution < -0.4 is 10.6 Å². The lowest BCUT2D eigenvalue weighted by Gasteiger charge is -2.06. The van der Waals surface area contributed by atoms with E-state index >= 15 is 0 Å². The summed E-state index contributed by atoms with van der Waals surface area (Å²) >= 11 is 14.5. The molecule has 0 aliphatic rings. The fourth-order valence-electron chi connectivity index (χ4n) is 1.41. The van der Waals surface area contributed by atoms with Gasteiger partial charge in [0.1, 0.15) is 0 Å². The Labute approximate surface area is 146 Å². The van der Waals surface area contributed by atoms with Crippen LogP contribution in [0.5, 0.6) is 0 Å². The summed E-state index contributed by atoms with van der Waals surface area (Å²) in [6.07, 6.45) is 1.73. The molecular formula is C13H12Cl2N4OS2. The second kappa shape index (κ2) is 8.38. The van der Waals surface area contributed by atoms with Gasteiger partial charge in [0.05, 0.1) is 16.5 Å². The molecule has 0 spiro atoms. The molecule has 116 valence electrons. The van der Waals surface area contributed by atoms with Crippen LogP contribution in [0, 0.1) is 0 Å². The number of halogens is 2. The van der Waals surface area contributed by atoms with Crippen LogP contribution in [0.2, 0.25) is 10.0 Å². The summed E-state index contributed by atoms with van der Waals surface area (Å²) in [4.78, 5) is 11.9. The third-order valence-electron chi connectivity index (χ3n) is 2.33. The second-order valence-corrected chi connectivity index (χ2v) is 7.05. The molecule has 0 fully saturated rings. The summed E-state index contributed by atoms with van der Waals surface area (Å²) in [5.41, 5.74) is 0.491. The molecule has 2 rings (SSSR count). The third-order valence-corrected chi connectivity index (χ3v) is 4.91. The van der Waals surface area contributed by atoms with Crippen LogP contribution in [0.1, 0.15) is 0 Å². The van der Waals surface area contributed by atoms with Crippen molar-refractivity contribution >= 4 is 63.0 Å². The van der Waals surface area contributed by atoms with Crippen molar-refractivity contribution in [2.75, 3.05) is 22.9 Å². The topological polar surface area (TPSA) is 66.9 Å². The Morgan fingerprint density at radius 1 is 1.41 bits per heavy atom. The van der Waals surface area contributed by atoms with Gasteiger partial charge in [0.2, 0.25) is 11.0 Å². The highest BCUT2D eigenvalue weighted by Gasteiger charge is 2.10. The van der Waals surface area contributed by atoms with Crippen molar-refractivity contribution in [1.82, 2.24) is 10.2 Å². The molecule has 0 saturated carbocycles. The monoisotopic (exact) mass is 374 g/mol. The minimum atomic E-state index is -0.190. The standard InChI is InChI=1S/C13H12Cl2N4OS2/c1-2-5-16-12-18-19-13(22-12)21-7-11(20)17-10-6-8(14)3-4-9(10)15/h2-4,6H,1,5,7H2,(H,16,18)(H,17,20). The first-order valence-electron chi connectivity index (χ1n) is 6.14. The molecule has 0 aliphatic carbocycles. The molecule has 0 bridgehead atoms. The maximum Gasteiger partial charge on any atom is 0.234 e. The molecule has 1 aromatic carbocycles. The summed E-state index contributed by atoms with van der Waals surface area (Å²) < 4.78 is 0.707. The first kappa shape index (κ1) is 17.1. The zero-order valence-electron chi connectivity index (χ0n) is 11.3. The average Bonchev–Trinajstić information content (AvgIpc) is 2.95. The van der Waals surface area contributed by atoms with Crippen molar-refractivity contribution in [2.24, 2.45) is 0 Å². The quantitative estimate of drug-likeness (QED) is 0.562. The largest absolute Gasteiger partial charge is 0.357 e. The Bertz CT molecular complexity index is 678. The molecule has 5 nitrogen and oxygen atoms in total. The predicted molar refractivity (Wildman–Crippen MR) is 94.4 cm³/mol. The van der Waals surface area contributed by atoms with Gasteiger partial charge in [-0.2, -0.15) is 0 Å². The van der Waals surface area contributed by atoms with Crippen LogP contribution in [-0.2, 0) is 4.79 Å². The van der Waals surface area contributed by atoms with Crippen LogP contribution in [-0.4, -0.2) is 28.4 Å². The number of hydrogen-bond acceptors (Lipinski definition) is 6. The number of carbonyl (C=O) groups is 1. The number of aromatic nitrogens is 2. The van der Waals surface area contributed by atoms with Gasteiger partial charge in [-0.3, -0.25) is 4.79 Å². The molecule has 2 N–H and O–H groups in total. The lowest BCUT2D eigenvalue weighted by molar-refractivity contribution is -0.113. The van der Waals surface area contributed by atoms with Crippen molar-refractivity contribution in [2.45, 2.75) is 4.34 Å². The highest BCUT2D eigenvalue weighted by molar-refractivity contribution is 8.01. The van der Waals surface area contributed by atoms with Crippen LogP contribution in [0.3, 0.4) is 0 Å². The van der Waals surface area contributed by atoms with E-state index in [0.717, 1.165) is 0 Å². The van der Waals surface area contributed by atoms with Gasteiger partial charge in [-0.1, -0.05) is 52.4 Å². The molecule has 0 radical (unpaired) electrons. The minimum absolute atomic E-state index is 0.190. The second-order valence-electron chi connectivity index (χ2n) is 4.00. The van der Waals surface area contributed by atoms with Crippen LogP contribution in [0.25, 0.3) is 0 Å². The number of anilines is 2. The van der Waals surface area contributed by atoms with Crippen LogP contribution >= 0.6 is 46.3 Å². The van der Waals surface area contributed by atoms with Gasteiger partial charge in [0.15, 0.2) is 4.34 Å². The number of benzene rings is 1. The average molecular weight is 375 g/mol. The Hall–Kier alpha value is -1.28. The van der Waals surface area contributed by atoms with E-state index in [1.807, 2.05) is 0 Å². The maximum atomic E-state index is 11.9. The van der Waals surface area contributed by atoms with Gasteiger partial charge < -0.3 is 10.6 Å². The highest BCUT2D eigenvalue weighted by Crippen LogP contribution is 2.27. The molecule has 0 atom stereocenters. The van der Waals surface area contributed by atoms with E-state index < -0.39 is 0 Å². The molecule has 22 heavy (non-hydrogen) atoms. The van der Waals surface area contributed by atoms with Crippen LogP contribution in [0.4, 0.5) is 10.8 Å². The highest BCUT2D eigenvalue weighted by atomic mass is 35.5. The fourth-order valence-corrected chi connectivity index (χ4v) is 3.30. The summed E-state index contributed by atoms with van der Waals surface area (Å²) in [5.74, 6) is 0.0174. The Morgan fingerprint density at radius 3 is 3.00 bits per heavy atom. The maximum absolute atomic E-state index is 11.9. The van der Waals surface area contributed by atoms with Crippen molar-refractivity contribution in [3.05, 3.63) is 40.9 Å². The van der Waals surface area contributed by atoms with E-state index in [2.05, 4.69) is 27.4 Å². The molecule has 0 aliphatic heterocycles. The first-order chi connectivity index (χ1) is 10.6. The zero-order valence-corrected chi connectivity index (χ0v) is 14.5. The van der Waals surface area contributed by atoms with Gasteiger partial charge in [0, 0.05) is 11.6 Å². The zero-order chi connectivity index (χ0) is 15.9. The molecule has 1 amide bonds. The SMILES string of the molecule is C=CCNc1nnc(SCC(=O)Nc2cc(Cl)ccc2Cl)s1. The number of carbonyl (C=O) groups excluding carboxylic acids is 1. The molecule has 1 heterocycles. The first-order valence-corrected chi connectivity index (χ1v) is 8.70. The summed E-state index contributed by atoms with van der Waals surface area (Å²) in [6.45, 7) is 4.23. The van der Waals surface area contributed by atoms with Gasteiger partial charge >= 0.3 is 0 Å². The third kappa shape index (κ3) is 5.17. The molecule has 9 heteroatoms. The summed E-state index contributed by atoms with van der Waals surface area (Å²) in [6, 6.07) is 4.90. The van der Waals surface area contributed by atoms with E-state index in [-0.39, 0.29) is 11.7 Å². The summed E-state index contributed by atoms with van der Waals surface area (Å²) in [5, 5.41) is 15.3. The van der Waals surface area contributed by atoms with Crippen molar-refractivity contribution < 1.29 is 4.79 Å². The summed E-state index contributed by atoms with van der Waals surface area (Å²) in [7, 11) is 0. The Balaban J connectivity index is 1.86. The molecule has 0 unspecified atom stereocenters. The normalized spacial score (nSPS) is 10.3. The van der Waals surface area contributed by atoms with Gasteiger partial charge in [-0.25, -0.2) is 0 Å². The Morgan fingerprint density at radius 2 is 2.23 bits per heavy atom. The number of rotatable bonds is 7. The lowest BCUT2D eigenvalue weighted by Crippen LogP contribution is -2.14. The molecular weight excluding hydrogens is 363 g/mol. The van der Waals surface area contributed by atoms with Gasteiger partial charge in [-0.15, -0.1) is 16.8 Å². The van der Waals surface area contributed by atoms with E-state index in [1.165, 1.54) is 23.1 Å². The van der Waals surface area contributed by atoms with Gasteiger partial charge in [-0.05, 0) is 18.2 Å². The van der Waals surface area contributed by atoms with Crippen molar-refractivity contribution in [3.8, 4) is 0 Å². The number of nitrogens with zero attached hydrogens (tertiary/aromatic N) is 2. The molecule has 1 aromatic heterocycles. The minimum Gasteiger partial charge on any atom is -0.357 e. The van der Waals surface area contributed by atoms with E-state index in [1.54, 1.807) is 24.3 Å². The van der Waals surface area contributed by atoms with E-state index in [4.69, 9.17) is 23.2 Å².